The van der Waals surface area contributed by atoms with Gasteiger partial charge in [0.1, 0.15) is 23.3 Å². The molecule has 2 atom stereocenters. The molecule has 0 bridgehead atoms. The summed E-state index contributed by atoms with van der Waals surface area (Å²) in [6, 6.07) is 5.17. The average molecular weight is 567 g/mol. The van der Waals surface area contributed by atoms with E-state index in [0.29, 0.717) is 37.9 Å². The van der Waals surface area contributed by atoms with E-state index in [-0.39, 0.29) is 29.8 Å². The monoisotopic (exact) mass is 566 g/mol. The Kier molecular flexibility index (Phi) is 8.50. The summed E-state index contributed by atoms with van der Waals surface area (Å²) in [6.45, 7) is 5.71. The van der Waals surface area contributed by atoms with Crippen molar-refractivity contribution in [1.29, 1.82) is 0 Å². The summed E-state index contributed by atoms with van der Waals surface area (Å²) in [7, 11) is 1.40. The highest BCUT2D eigenvalue weighted by Crippen LogP contribution is 2.28. The lowest BCUT2D eigenvalue weighted by atomic mass is 10.1. The largest absolute Gasteiger partial charge is 0.497 e. The van der Waals surface area contributed by atoms with E-state index in [1.54, 1.807) is 19.2 Å². The Balaban J connectivity index is 1.25. The lowest BCUT2D eigenvalue weighted by molar-refractivity contribution is -0.125. The van der Waals surface area contributed by atoms with E-state index in [0.717, 1.165) is 29.7 Å². The Hall–Kier alpha value is -4.03. The first-order valence-electron chi connectivity index (χ1n) is 13.7. The van der Waals surface area contributed by atoms with Gasteiger partial charge in [0.25, 0.3) is 5.91 Å². The van der Waals surface area contributed by atoms with Gasteiger partial charge in [-0.05, 0) is 56.0 Å². The van der Waals surface area contributed by atoms with E-state index in [4.69, 9.17) is 14.5 Å². The summed E-state index contributed by atoms with van der Waals surface area (Å²) >= 11 is 0. The van der Waals surface area contributed by atoms with Crippen molar-refractivity contribution in [2.45, 2.75) is 51.4 Å². The Morgan fingerprint density at radius 2 is 2.02 bits per heavy atom. The van der Waals surface area contributed by atoms with Gasteiger partial charge in [0, 0.05) is 62.9 Å². The van der Waals surface area contributed by atoms with Crippen LogP contribution in [0.4, 0.5) is 10.3 Å². The highest BCUT2D eigenvalue weighted by molar-refractivity contribution is 5.98. The van der Waals surface area contributed by atoms with E-state index >= 15 is 0 Å². The fraction of sp³-hybridized carbons (Fsp3) is 0.448. The number of aliphatic hydroxyl groups is 1. The summed E-state index contributed by atoms with van der Waals surface area (Å²) in [5.74, 6) is -0.435. The molecule has 4 heterocycles. The molecule has 218 valence electrons. The van der Waals surface area contributed by atoms with Crippen LogP contribution in [0.15, 0.2) is 36.7 Å². The molecule has 1 fully saturated rings. The van der Waals surface area contributed by atoms with Crippen LogP contribution in [0.25, 0.3) is 11.3 Å². The number of ether oxygens (including phenoxy) is 2. The second-order valence-corrected chi connectivity index (χ2v) is 10.4. The third-order valence-corrected chi connectivity index (χ3v) is 7.59. The number of amides is 2. The van der Waals surface area contributed by atoms with Gasteiger partial charge in [-0.3, -0.25) is 9.59 Å². The number of nitrogens with one attached hydrogen (secondary N) is 2. The Morgan fingerprint density at radius 3 is 2.78 bits per heavy atom. The van der Waals surface area contributed by atoms with Crippen LogP contribution in [0.5, 0.6) is 5.75 Å². The van der Waals surface area contributed by atoms with Gasteiger partial charge in [0.05, 0.1) is 18.9 Å². The highest BCUT2D eigenvalue weighted by atomic mass is 19.1. The number of carbonyl (C=O) groups excluding carboxylic acids is 2. The average Bonchev–Trinajstić information content (AvgIpc) is 3.42. The van der Waals surface area contributed by atoms with Crippen molar-refractivity contribution in [3.8, 4) is 17.0 Å². The van der Waals surface area contributed by atoms with Crippen molar-refractivity contribution in [2.24, 2.45) is 0 Å². The number of anilines is 1. The van der Waals surface area contributed by atoms with Gasteiger partial charge in [-0.15, -0.1) is 0 Å². The van der Waals surface area contributed by atoms with E-state index in [1.165, 1.54) is 30.2 Å². The smallest absolute Gasteiger partial charge is 0.271 e. The van der Waals surface area contributed by atoms with Gasteiger partial charge >= 0.3 is 0 Å². The molecule has 41 heavy (non-hydrogen) atoms. The van der Waals surface area contributed by atoms with E-state index < -0.39 is 23.9 Å². The standard InChI is InChI=1S/C29H35FN6O5/c1-17-14-32-29(33-22-4-8-41-9-5-22)34-26(17)20-12-24-28(39)36(7-6-35(24)16-20)18(2)27(38)31-15-25(37)19-10-21(30)13-23(11-19)40-3/h10-14,16,18,22,25,37H,4-9,15H2,1-3H3,(H,31,38)(H,32,33,34)/t18-,25-/m1/s1. The molecular weight excluding hydrogens is 531 g/mol. The van der Waals surface area contributed by atoms with Gasteiger partial charge in [-0.1, -0.05) is 0 Å². The van der Waals surface area contributed by atoms with Crippen molar-refractivity contribution in [1.82, 2.24) is 24.8 Å². The van der Waals surface area contributed by atoms with E-state index in [2.05, 4.69) is 15.6 Å². The van der Waals surface area contributed by atoms with Crippen LogP contribution in [0, 0.1) is 12.7 Å². The molecule has 0 unspecified atom stereocenters. The van der Waals surface area contributed by atoms with Gasteiger partial charge in [-0.2, -0.15) is 0 Å². The number of hydrogen-bond acceptors (Lipinski definition) is 8. The topological polar surface area (TPSA) is 131 Å². The Labute approximate surface area is 237 Å². The van der Waals surface area contributed by atoms with Gasteiger partial charge in [0.15, 0.2) is 0 Å². The van der Waals surface area contributed by atoms with Gasteiger partial charge in [0.2, 0.25) is 11.9 Å². The first-order chi connectivity index (χ1) is 19.7. The fourth-order valence-electron chi connectivity index (χ4n) is 5.16. The van der Waals surface area contributed by atoms with Crippen molar-refractivity contribution >= 4 is 17.8 Å². The number of aromatic nitrogens is 3. The second-order valence-electron chi connectivity index (χ2n) is 10.4. The zero-order valence-electron chi connectivity index (χ0n) is 23.4. The van der Waals surface area contributed by atoms with Crippen molar-refractivity contribution in [3.63, 3.8) is 0 Å². The molecule has 11 nitrogen and oxygen atoms in total. The maximum absolute atomic E-state index is 13.8. The number of halogens is 1. The molecular formula is C29H35FN6O5. The number of benzene rings is 1. The second kappa shape index (κ2) is 12.2. The van der Waals surface area contributed by atoms with Crippen LogP contribution in [-0.2, 0) is 16.1 Å². The van der Waals surface area contributed by atoms with Crippen LogP contribution in [0.1, 0.15) is 47.5 Å². The fourth-order valence-corrected chi connectivity index (χ4v) is 5.16. The van der Waals surface area contributed by atoms with Crippen LogP contribution in [0.2, 0.25) is 0 Å². The SMILES string of the molecule is COc1cc(F)cc([C@H](O)CNC(=O)[C@@H](C)N2CCn3cc(-c4nc(NC5CCOCC5)ncc4C)cc3C2=O)c1. The molecule has 2 aliphatic rings. The van der Waals surface area contributed by atoms with Crippen LogP contribution < -0.4 is 15.4 Å². The number of aliphatic hydroxyl groups excluding tert-OH is 1. The minimum Gasteiger partial charge on any atom is -0.497 e. The molecule has 5 rings (SSSR count). The number of methoxy groups -OCH3 is 1. The number of nitrogens with zero attached hydrogens (tertiary/aromatic N) is 4. The molecule has 0 spiro atoms. The number of aryl methyl sites for hydroxylation is 1. The van der Waals surface area contributed by atoms with Crippen LogP contribution in [-0.4, -0.2) is 81.9 Å². The third-order valence-electron chi connectivity index (χ3n) is 7.59. The first-order valence-corrected chi connectivity index (χ1v) is 13.7. The summed E-state index contributed by atoms with van der Waals surface area (Å²) in [5, 5.41) is 16.6. The Morgan fingerprint density at radius 1 is 1.24 bits per heavy atom. The van der Waals surface area contributed by atoms with E-state index in [1.807, 2.05) is 17.7 Å². The van der Waals surface area contributed by atoms with Gasteiger partial charge < -0.3 is 34.7 Å². The number of rotatable bonds is 9. The first kappa shape index (κ1) is 28.5. The molecule has 2 aromatic heterocycles. The van der Waals surface area contributed by atoms with Crippen LogP contribution >= 0.6 is 0 Å². The molecule has 1 saturated heterocycles. The third kappa shape index (κ3) is 6.33. The molecule has 0 radical (unpaired) electrons. The number of carbonyl (C=O) groups is 2. The van der Waals surface area contributed by atoms with Crippen LogP contribution in [0.3, 0.4) is 0 Å². The highest BCUT2D eigenvalue weighted by Gasteiger charge is 2.32. The molecule has 2 aliphatic heterocycles. The molecule has 0 saturated carbocycles. The number of hydrogen-bond donors (Lipinski definition) is 3. The zero-order chi connectivity index (χ0) is 29.1. The molecule has 0 aliphatic carbocycles. The summed E-state index contributed by atoms with van der Waals surface area (Å²) in [4.78, 5) is 37.1. The predicted octanol–water partition coefficient (Wildman–Crippen LogP) is 2.69. The molecule has 3 N–H and O–H groups in total. The van der Waals surface area contributed by atoms with Gasteiger partial charge in [-0.25, -0.2) is 14.4 Å². The quantitative estimate of drug-likeness (QED) is 0.361. The molecule has 2 amide bonds. The summed E-state index contributed by atoms with van der Waals surface area (Å²) < 4.78 is 26.2. The van der Waals surface area contributed by atoms with Crippen molar-refractivity contribution in [3.05, 3.63) is 59.3 Å². The molecule has 3 aromatic rings. The van der Waals surface area contributed by atoms with Crippen molar-refractivity contribution < 1.29 is 28.6 Å². The lowest BCUT2D eigenvalue weighted by Crippen LogP contribution is -2.52. The maximum atomic E-state index is 13.8. The summed E-state index contributed by atoms with van der Waals surface area (Å²) in [5.41, 5.74) is 3.17. The normalized spacial score (nSPS) is 17.1. The van der Waals surface area contributed by atoms with Crippen molar-refractivity contribution in [2.75, 3.05) is 38.7 Å². The van der Waals surface area contributed by atoms with E-state index in [9.17, 15) is 19.1 Å². The maximum Gasteiger partial charge on any atom is 0.271 e. The molecule has 1 aromatic carbocycles. The minimum atomic E-state index is -1.14. The summed E-state index contributed by atoms with van der Waals surface area (Å²) in [6.07, 6.45) is 4.32. The minimum absolute atomic E-state index is 0.143. The molecule has 12 heteroatoms. The lowest BCUT2D eigenvalue weighted by Gasteiger charge is -2.32. The number of fused-ring (bicyclic) bond motifs is 1. The zero-order valence-corrected chi connectivity index (χ0v) is 23.4. The predicted molar refractivity (Wildman–Crippen MR) is 149 cm³/mol. The Bertz CT molecular complexity index is 1420.